The topological polar surface area (TPSA) is 27.3 Å². The molecule has 1 aromatic rings. The third kappa shape index (κ3) is 5.06. The molecule has 1 aromatic heterocycles. The van der Waals surface area contributed by atoms with Crippen molar-refractivity contribution in [1.82, 2.24) is 15.5 Å². The molecule has 0 aliphatic carbocycles. The SMILES string of the molecule is Brc1csc(CNCCN2CCCNCC2)c1. The number of nitrogens with one attached hydrogen (secondary N) is 2. The standard InChI is InChI=1S/C12H20BrN3S/c13-11-8-12(17-10-11)9-15-4-7-16-5-1-2-14-3-6-16/h8,10,14-15H,1-7,9H2. The Kier molecular flexibility index (Phi) is 5.94. The van der Waals surface area contributed by atoms with Gasteiger partial charge >= 0.3 is 0 Å². The van der Waals surface area contributed by atoms with E-state index in [0.717, 1.165) is 26.2 Å². The predicted molar refractivity (Wildman–Crippen MR) is 77.7 cm³/mol. The third-order valence-electron chi connectivity index (χ3n) is 2.96. The summed E-state index contributed by atoms with van der Waals surface area (Å²) >= 11 is 5.29. The summed E-state index contributed by atoms with van der Waals surface area (Å²) in [6.07, 6.45) is 1.28. The first kappa shape index (κ1) is 13.5. The van der Waals surface area contributed by atoms with Crippen LogP contribution in [0, 0.1) is 0 Å². The van der Waals surface area contributed by atoms with Gasteiger partial charge in [0, 0.05) is 47.5 Å². The van der Waals surface area contributed by atoms with E-state index < -0.39 is 0 Å². The first-order valence-corrected chi connectivity index (χ1v) is 7.88. The Hall–Kier alpha value is 0.0600. The molecule has 5 heteroatoms. The molecule has 2 heterocycles. The van der Waals surface area contributed by atoms with Crippen molar-refractivity contribution >= 4 is 27.3 Å². The van der Waals surface area contributed by atoms with Gasteiger partial charge in [0.2, 0.25) is 0 Å². The van der Waals surface area contributed by atoms with Crippen LogP contribution < -0.4 is 10.6 Å². The van der Waals surface area contributed by atoms with Gasteiger partial charge in [-0.05, 0) is 41.5 Å². The van der Waals surface area contributed by atoms with E-state index in [2.05, 4.69) is 42.9 Å². The second-order valence-electron chi connectivity index (χ2n) is 4.35. The molecule has 0 atom stereocenters. The van der Waals surface area contributed by atoms with Crippen molar-refractivity contribution in [2.75, 3.05) is 39.3 Å². The molecular weight excluding hydrogens is 298 g/mol. The van der Waals surface area contributed by atoms with Crippen molar-refractivity contribution in [3.05, 3.63) is 20.8 Å². The summed E-state index contributed by atoms with van der Waals surface area (Å²) in [5.74, 6) is 0. The normalized spacial score (nSPS) is 18.2. The van der Waals surface area contributed by atoms with Crippen LogP contribution >= 0.6 is 27.3 Å². The second kappa shape index (κ2) is 7.48. The van der Waals surface area contributed by atoms with Gasteiger partial charge in [0.25, 0.3) is 0 Å². The van der Waals surface area contributed by atoms with E-state index in [9.17, 15) is 0 Å². The summed E-state index contributed by atoms with van der Waals surface area (Å²) in [7, 11) is 0. The maximum atomic E-state index is 3.51. The van der Waals surface area contributed by atoms with Crippen LogP contribution in [0.3, 0.4) is 0 Å². The Balaban J connectivity index is 1.59. The first-order chi connectivity index (χ1) is 8.34. The number of nitrogens with zero attached hydrogens (tertiary/aromatic N) is 1. The van der Waals surface area contributed by atoms with Crippen molar-refractivity contribution in [1.29, 1.82) is 0 Å². The molecular formula is C12H20BrN3S. The number of hydrogen-bond donors (Lipinski definition) is 2. The van der Waals surface area contributed by atoms with Gasteiger partial charge in [-0.3, -0.25) is 0 Å². The van der Waals surface area contributed by atoms with Gasteiger partial charge in [-0.1, -0.05) is 0 Å². The zero-order valence-corrected chi connectivity index (χ0v) is 12.4. The van der Waals surface area contributed by atoms with Crippen molar-refractivity contribution < 1.29 is 0 Å². The lowest BCUT2D eigenvalue weighted by Gasteiger charge is -2.19. The fourth-order valence-corrected chi connectivity index (χ4v) is 3.44. The predicted octanol–water partition coefficient (Wildman–Crippen LogP) is 1.90. The molecule has 1 saturated heterocycles. The first-order valence-electron chi connectivity index (χ1n) is 6.21. The van der Waals surface area contributed by atoms with Crippen LogP contribution in [0.2, 0.25) is 0 Å². The fraction of sp³-hybridized carbons (Fsp3) is 0.667. The summed E-state index contributed by atoms with van der Waals surface area (Å²) in [6, 6.07) is 2.19. The highest BCUT2D eigenvalue weighted by molar-refractivity contribution is 9.10. The van der Waals surface area contributed by atoms with E-state index in [0.29, 0.717) is 0 Å². The Morgan fingerprint density at radius 2 is 2.35 bits per heavy atom. The lowest BCUT2D eigenvalue weighted by molar-refractivity contribution is 0.291. The summed E-state index contributed by atoms with van der Waals surface area (Å²) in [4.78, 5) is 3.94. The Morgan fingerprint density at radius 3 is 3.18 bits per heavy atom. The van der Waals surface area contributed by atoms with E-state index in [1.807, 2.05) is 0 Å². The molecule has 0 saturated carbocycles. The smallest absolute Gasteiger partial charge is 0.0300 e. The van der Waals surface area contributed by atoms with E-state index in [-0.39, 0.29) is 0 Å². The largest absolute Gasteiger partial charge is 0.315 e. The van der Waals surface area contributed by atoms with Gasteiger partial charge in [-0.2, -0.15) is 0 Å². The minimum absolute atomic E-state index is 0.988. The highest BCUT2D eigenvalue weighted by Crippen LogP contribution is 2.19. The van der Waals surface area contributed by atoms with Crippen molar-refractivity contribution in [3.63, 3.8) is 0 Å². The summed E-state index contributed by atoms with van der Waals surface area (Å²) in [6.45, 7) is 7.96. The molecule has 0 radical (unpaired) electrons. The molecule has 2 rings (SSSR count). The molecule has 0 spiro atoms. The van der Waals surface area contributed by atoms with Crippen molar-refractivity contribution in [2.45, 2.75) is 13.0 Å². The summed E-state index contributed by atoms with van der Waals surface area (Å²) in [5, 5.41) is 9.08. The van der Waals surface area contributed by atoms with Crippen LogP contribution in [-0.4, -0.2) is 44.2 Å². The van der Waals surface area contributed by atoms with Gasteiger partial charge in [0.15, 0.2) is 0 Å². The summed E-state index contributed by atoms with van der Waals surface area (Å²) in [5.41, 5.74) is 0. The van der Waals surface area contributed by atoms with Crippen LogP contribution in [-0.2, 0) is 6.54 Å². The van der Waals surface area contributed by atoms with Crippen LogP contribution in [0.5, 0.6) is 0 Å². The highest BCUT2D eigenvalue weighted by atomic mass is 79.9. The quantitative estimate of drug-likeness (QED) is 0.812. The molecule has 1 aliphatic rings. The third-order valence-corrected chi connectivity index (χ3v) is 4.66. The Morgan fingerprint density at radius 1 is 1.41 bits per heavy atom. The molecule has 0 aromatic carbocycles. The number of thiophene rings is 1. The lowest BCUT2D eigenvalue weighted by Crippen LogP contribution is -2.34. The van der Waals surface area contributed by atoms with Crippen LogP contribution in [0.15, 0.2) is 15.9 Å². The molecule has 0 amide bonds. The molecule has 17 heavy (non-hydrogen) atoms. The number of halogens is 1. The molecule has 1 fully saturated rings. The molecule has 0 bridgehead atoms. The van der Waals surface area contributed by atoms with Crippen LogP contribution in [0.25, 0.3) is 0 Å². The molecule has 96 valence electrons. The zero-order valence-electron chi connectivity index (χ0n) is 10.0. The minimum Gasteiger partial charge on any atom is -0.315 e. The monoisotopic (exact) mass is 317 g/mol. The van der Waals surface area contributed by atoms with Crippen molar-refractivity contribution in [2.24, 2.45) is 0 Å². The van der Waals surface area contributed by atoms with Gasteiger partial charge < -0.3 is 15.5 Å². The number of rotatable bonds is 5. The molecule has 3 nitrogen and oxygen atoms in total. The van der Waals surface area contributed by atoms with Gasteiger partial charge in [-0.15, -0.1) is 11.3 Å². The maximum absolute atomic E-state index is 3.51. The highest BCUT2D eigenvalue weighted by Gasteiger charge is 2.07. The molecule has 1 aliphatic heterocycles. The Bertz CT molecular complexity index is 321. The fourth-order valence-electron chi connectivity index (χ4n) is 2.02. The zero-order chi connectivity index (χ0) is 11.9. The van der Waals surface area contributed by atoms with Gasteiger partial charge in [-0.25, -0.2) is 0 Å². The Labute approximate surface area is 116 Å². The summed E-state index contributed by atoms with van der Waals surface area (Å²) < 4.78 is 1.19. The van der Waals surface area contributed by atoms with Gasteiger partial charge in [0.05, 0.1) is 0 Å². The van der Waals surface area contributed by atoms with Crippen LogP contribution in [0.1, 0.15) is 11.3 Å². The van der Waals surface area contributed by atoms with E-state index in [4.69, 9.17) is 0 Å². The van der Waals surface area contributed by atoms with E-state index in [1.54, 1.807) is 11.3 Å². The maximum Gasteiger partial charge on any atom is 0.0300 e. The molecule has 2 N–H and O–H groups in total. The van der Waals surface area contributed by atoms with Gasteiger partial charge in [0.1, 0.15) is 0 Å². The second-order valence-corrected chi connectivity index (χ2v) is 6.26. The minimum atomic E-state index is 0.988. The average Bonchev–Trinajstić information content (AvgIpc) is 2.59. The van der Waals surface area contributed by atoms with Crippen molar-refractivity contribution in [3.8, 4) is 0 Å². The van der Waals surface area contributed by atoms with E-state index >= 15 is 0 Å². The molecule has 0 unspecified atom stereocenters. The average molecular weight is 318 g/mol. The van der Waals surface area contributed by atoms with Crippen LogP contribution in [0.4, 0.5) is 0 Å². The van der Waals surface area contributed by atoms with E-state index in [1.165, 1.54) is 35.4 Å². The lowest BCUT2D eigenvalue weighted by atomic mass is 10.4. The number of hydrogen-bond acceptors (Lipinski definition) is 4.